The van der Waals surface area contributed by atoms with Gasteiger partial charge >= 0.3 is 0 Å². The predicted molar refractivity (Wildman–Crippen MR) is 64.3 cm³/mol. The van der Waals surface area contributed by atoms with Gasteiger partial charge in [0.05, 0.1) is 18.1 Å². The molecule has 1 unspecified atom stereocenters. The van der Waals surface area contributed by atoms with E-state index in [0.29, 0.717) is 13.1 Å². The number of thiophene rings is 1. The second-order valence-corrected chi connectivity index (χ2v) is 4.80. The smallest absolute Gasteiger partial charge is 0.1000 e. The number of hydrogen-bond donors (Lipinski definition) is 2. The lowest BCUT2D eigenvalue weighted by Gasteiger charge is -2.22. The number of nitrogens with one attached hydrogen (secondary N) is 1. The standard InChI is InChI=1S/C12H15NO2S/c1-12(14,11-3-5-16-8-11)9-13-6-10-2-4-15-7-10/h2-5,7-8,13-14H,6,9H2,1H3. The lowest BCUT2D eigenvalue weighted by Crippen LogP contribution is -2.34. The zero-order chi connectivity index (χ0) is 11.4. The van der Waals surface area contributed by atoms with Crippen LogP contribution in [0.5, 0.6) is 0 Å². The van der Waals surface area contributed by atoms with Gasteiger partial charge in [0.15, 0.2) is 0 Å². The van der Waals surface area contributed by atoms with Gasteiger partial charge in [-0.2, -0.15) is 11.3 Å². The second kappa shape index (κ2) is 4.82. The number of furan rings is 1. The maximum atomic E-state index is 10.2. The van der Waals surface area contributed by atoms with E-state index < -0.39 is 5.60 Å². The van der Waals surface area contributed by atoms with E-state index in [9.17, 15) is 5.11 Å². The van der Waals surface area contributed by atoms with Crippen LogP contribution in [0.3, 0.4) is 0 Å². The maximum Gasteiger partial charge on any atom is 0.1000 e. The van der Waals surface area contributed by atoms with Gasteiger partial charge in [0, 0.05) is 18.7 Å². The Morgan fingerprint density at radius 1 is 1.50 bits per heavy atom. The molecule has 3 nitrogen and oxygen atoms in total. The zero-order valence-electron chi connectivity index (χ0n) is 9.14. The van der Waals surface area contributed by atoms with Crippen LogP contribution >= 0.6 is 11.3 Å². The molecule has 0 amide bonds. The first-order valence-electron chi connectivity index (χ1n) is 5.15. The molecule has 0 spiro atoms. The molecule has 0 radical (unpaired) electrons. The average molecular weight is 237 g/mol. The molecule has 86 valence electrons. The van der Waals surface area contributed by atoms with Crippen LogP contribution < -0.4 is 5.32 Å². The summed E-state index contributed by atoms with van der Waals surface area (Å²) in [6, 6.07) is 3.86. The summed E-state index contributed by atoms with van der Waals surface area (Å²) in [6.45, 7) is 3.04. The number of aliphatic hydroxyl groups is 1. The highest BCUT2D eigenvalue weighted by Gasteiger charge is 2.22. The van der Waals surface area contributed by atoms with E-state index >= 15 is 0 Å². The van der Waals surface area contributed by atoms with Crippen molar-refractivity contribution < 1.29 is 9.52 Å². The monoisotopic (exact) mass is 237 g/mol. The van der Waals surface area contributed by atoms with Crippen molar-refractivity contribution in [1.82, 2.24) is 5.32 Å². The number of hydrogen-bond acceptors (Lipinski definition) is 4. The molecule has 16 heavy (non-hydrogen) atoms. The molecule has 2 rings (SSSR count). The van der Waals surface area contributed by atoms with Crippen LogP contribution in [0.2, 0.25) is 0 Å². The van der Waals surface area contributed by atoms with Crippen LogP contribution in [0.4, 0.5) is 0 Å². The van der Waals surface area contributed by atoms with Gasteiger partial charge in [0.2, 0.25) is 0 Å². The summed E-state index contributed by atoms with van der Waals surface area (Å²) in [6.07, 6.45) is 3.35. The minimum absolute atomic E-state index is 0.523. The van der Waals surface area contributed by atoms with Crippen LogP contribution in [0.1, 0.15) is 18.1 Å². The lowest BCUT2D eigenvalue weighted by atomic mass is 9.99. The van der Waals surface area contributed by atoms with E-state index in [1.807, 2.05) is 29.8 Å². The first kappa shape index (κ1) is 11.4. The molecule has 4 heteroatoms. The summed E-state index contributed by atoms with van der Waals surface area (Å²) in [4.78, 5) is 0. The fourth-order valence-corrected chi connectivity index (χ4v) is 2.30. The van der Waals surface area contributed by atoms with Crippen LogP contribution in [0.25, 0.3) is 0 Å². The molecular formula is C12H15NO2S. The quantitative estimate of drug-likeness (QED) is 0.839. The largest absolute Gasteiger partial charge is 0.472 e. The SMILES string of the molecule is CC(O)(CNCc1ccoc1)c1ccsc1. The second-order valence-electron chi connectivity index (χ2n) is 4.02. The summed E-state index contributed by atoms with van der Waals surface area (Å²) in [5.41, 5.74) is 1.22. The van der Waals surface area contributed by atoms with Gasteiger partial charge in [-0.3, -0.25) is 0 Å². The van der Waals surface area contributed by atoms with Gasteiger partial charge in [0.1, 0.15) is 0 Å². The molecule has 0 saturated carbocycles. The van der Waals surface area contributed by atoms with E-state index in [1.54, 1.807) is 23.9 Å². The van der Waals surface area contributed by atoms with E-state index in [1.165, 1.54) is 0 Å². The molecule has 0 bridgehead atoms. The lowest BCUT2D eigenvalue weighted by molar-refractivity contribution is 0.0571. The zero-order valence-corrected chi connectivity index (χ0v) is 9.96. The van der Waals surface area contributed by atoms with E-state index in [0.717, 1.165) is 11.1 Å². The van der Waals surface area contributed by atoms with Gasteiger partial charge in [-0.1, -0.05) is 0 Å². The molecule has 0 aliphatic rings. The van der Waals surface area contributed by atoms with Gasteiger partial charge in [-0.15, -0.1) is 0 Å². The van der Waals surface area contributed by atoms with Crippen molar-refractivity contribution in [3.05, 3.63) is 46.5 Å². The third kappa shape index (κ3) is 2.72. The highest BCUT2D eigenvalue weighted by Crippen LogP contribution is 2.22. The Morgan fingerprint density at radius 3 is 3.00 bits per heavy atom. The van der Waals surface area contributed by atoms with Crippen LogP contribution in [0, 0.1) is 0 Å². The summed E-state index contributed by atoms with van der Waals surface area (Å²) < 4.78 is 4.97. The van der Waals surface area contributed by atoms with E-state index in [4.69, 9.17) is 4.42 Å². The van der Waals surface area contributed by atoms with Crippen molar-refractivity contribution in [3.8, 4) is 0 Å². The number of rotatable bonds is 5. The molecular weight excluding hydrogens is 222 g/mol. The van der Waals surface area contributed by atoms with Crippen molar-refractivity contribution in [2.75, 3.05) is 6.54 Å². The normalized spacial score (nSPS) is 14.9. The molecule has 1 atom stereocenters. The Kier molecular flexibility index (Phi) is 3.43. The molecule has 0 fully saturated rings. The van der Waals surface area contributed by atoms with Crippen molar-refractivity contribution in [2.24, 2.45) is 0 Å². The van der Waals surface area contributed by atoms with Gasteiger partial charge in [-0.05, 0) is 35.4 Å². The Hall–Kier alpha value is -1.10. The Morgan fingerprint density at radius 2 is 2.38 bits per heavy atom. The molecule has 0 saturated heterocycles. The molecule has 0 aliphatic heterocycles. The highest BCUT2D eigenvalue weighted by molar-refractivity contribution is 7.08. The van der Waals surface area contributed by atoms with Crippen molar-refractivity contribution in [1.29, 1.82) is 0 Å². The van der Waals surface area contributed by atoms with Crippen LogP contribution in [-0.2, 0) is 12.1 Å². The summed E-state index contributed by atoms with van der Waals surface area (Å²) in [5.74, 6) is 0. The van der Waals surface area contributed by atoms with Crippen molar-refractivity contribution in [2.45, 2.75) is 19.1 Å². The van der Waals surface area contributed by atoms with Crippen LogP contribution in [0.15, 0.2) is 39.8 Å². The Labute approximate surface area is 98.7 Å². The summed E-state index contributed by atoms with van der Waals surface area (Å²) >= 11 is 1.59. The maximum absolute atomic E-state index is 10.2. The summed E-state index contributed by atoms with van der Waals surface area (Å²) in [5, 5.41) is 17.4. The third-order valence-corrected chi connectivity index (χ3v) is 3.20. The van der Waals surface area contributed by atoms with Crippen molar-refractivity contribution >= 4 is 11.3 Å². The fraction of sp³-hybridized carbons (Fsp3) is 0.333. The minimum Gasteiger partial charge on any atom is -0.472 e. The van der Waals surface area contributed by atoms with Crippen LogP contribution in [-0.4, -0.2) is 11.7 Å². The topological polar surface area (TPSA) is 45.4 Å². The Bertz CT molecular complexity index is 406. The molecule has 2 aromatic heterocycles. The summed E-state index contributed by atoms with van der Waals surface area (Å²) in [7, 11) is 0. The average Bonchev–Trinajstić information content (AvgIpc) is 2.90. The first-order chi connectivity index (χ1) is 7.68. The molecule has 2 N–H and O–H groups in total. The fourth-order valence-electron chi connectivity index (χ4n) is 1.52. The third-order valence-electron chi connectivity index (χ3n) is 2.52. The van der Waals surface area contributed by atoms with E-state index in [-0.39, 0.29) is 0 Å². The van der Waals surface area contributed by atoms with Crippen molar-refractivity contribution in [3.63, 3.8) is 0 Å². The highest BCUT2D eigenvalue weighted by atomic mass is 32.1. The molecule has 2 heterocycles. The molecule has 0 aromatic carbocycles. The van der Waals surface area contributed by atoms with E-state index in [2.05, 4.69) is 5.32 Å². The van der Waals surface area contributed by atoms with Gasteiger partial charge in [0.25, 0.3) is 0 Å². The Balaban J connectivity index is 1.85. The molecule has 2 aromatic rings. The minimum atomic E-state index is -0.816. The van der Waals surface area contributed by atoms with Gasteiger partial charge in [-0.25, -0.2) is 0 Å². The predicted octanol–water partition coefficient (Wildman–Crippen LogP) is 2.34. The molecule has 0 aliphatic carbocycles. The van der Waals surface area contributed by atoms with Gasteiger partial charge < -0.3 is 14.8 Å². The first-order valence-corrected chi connectivity index (χ1v) is 6.09.